The van der Waals surface area contributed by atoms with Crippen LogP contribution < -0.4 is 5.32 Å². The first-order valence-electron chi connectivity index (χ1n) is 7.64. The number of nitrogens with one attached hydrogen (secondary N) is 1. The molecule has 0 aliphatic heterocycles. The Morgan fingerprint density at radius 3 is 2.48 bits per heavy atom. The maximum absolute atomic E-state index is 9.71. The van der Waals surface area contributed by atoms with E-state index in [0.29, 0.717) is 5.92 Å². The zero-order valence-electron chi connectivity index (χ0n) is 12.9. The standard InChI is InChI=1S/C19H25NO/c1-15-7-6-8-17(11-15)13-20-14-19(12-16(2)21)18-9-4-3-5-10-18/h3-11,16,19-21H,12-14H2,1-2H3. The summed E-state index contributed by atoms with van der Waals surface area (Å²) < 4.78 is 0. The molecule has 2 atom stereocenters. The zero-order valence-corrected chi connectivity index (χ0v) is 12.9. The first-order chi connectivity index (χ1) is 10.1. The molecule has 2 aromatic rings. The van der Waals surface area contributed by atoms with E-state index in [1.807, 2.05) is 13.0 Å². The highest BCUT2D eigenvalue weighted by molar-refractivity contribution is 5.23. The lowest BCUT2D eigenvalue weighted by Crippen LogP contribution is -2.23. The number of hydrogen-bond acceptors (Lipinski definition) is 2. The fourth-order valence-electron chi connectivity index (χ4n) is 2.69. The second-order valence-electron chi connectivity index (χ2n) is 5.81. The molecule has 112 valence electrons. The summed E-state index contributed by atoms with van der Waals surface area (Å²) >= 11 is 0. The molecule has 0 heterocycles. The Labute approximate surface area is 127 Å². The molecule has 2 aromatic carbocycles. The summed E-state index contributed by atoms with van der Waals surface area (Å²) in [5.41, 5.74) is 3.88. The van der Waals surface area contributed by atoms with Gasteiger partial charge in [-0.15, -0.1) is 0 Å². The van der Waals surface area contributed by atoms with Crippen molar-refractivity contribution in [3.8, 4) is 0 Å². The van der Waals surface area contributed by atoms with E-state index in [2.05, 4.69) is 60.8 Å². The van der Waals surface area contributed by atoms with Gasteiger partial charge in [-0.1, -0.05) is 60.2 Å². The second kappa shape index (κ2) is 7.96. The molecule has 2 unspecified atom stereocenters. The van der Waals surface area contributed by atoms with Crippen LogP contribution >= 0.6 is 0 Å². The lowest BCUT2D eigenvalue weighted by Gasteiger charge is -2.20. The molecule has 0 spiro atoms. The predicted octanol–water partition coefficient (Wildman–Crippen LogP) is 3.64. The zero-order chi connectivity index (χ0) is 15.1. The summed E-state index contributed by atoms with van der Waals surface area (Å²) in [5, 5.41) is 13.2. The third-order valence-corrected chi connectivity index (χ3v) is 3.70. The summed E-state index contributed by atoms with van der Waals surface area (Å²) in [6.45, 7) is 5.72. The van der Waals surface area contributed by atoms with E-state index in [1.54, 1.807) is 0 Å². The highest BCUT2D eigenvalue weighted by Gasteiger charge is 2.13. The van der Waals surface area contributed by atoms with Crippen LogP contribution in [-0.4, -0.2) is 17.8 Å². The van der Waals surface area contributed by atoms with Crippen molar-refractivity contribution in [3.63, 3.8) is 0 Å². The van der Waals surface area contributed by atoms with Gasteiger partial charge in [0.2, 0.25) is 0 Å². The van der Waals surface area contributed by atoms with Gasteiger partial charge in [0, 0.05) is 13.1 Å². The summed E-state index contributed by atoms with van der Waals surface area (Å²) in [6, 6.07) is 19.0. The van der Waals surface area contributed by atoms with Crippen molar-refractivity contribution in [1.29, 1.82) is 0 Å². The number of rotatable bonds is 7. The molecule has 2 N–H and O–H groups in total. The largest absolute Gasteiger partial charge is 0.393 e. The minimum absolute atomic E-state index is 0.282. The summed E-state index contributed by atoms with van der Waals surface area (Å²) in [7, 11) is 0. The average molecular weight is 283 g/mol. The van der Waals surface area contributed by atoms with E-state index < -0.39 is 0 Å². The second-order valence-corrected chi connectivity index (χ2v) is 5.81. The topological polar surface area (TPSA) is 32.3 Å². The highest BCUT2D eigenvalue weighted by atomic mass is 16.3. The Kier molecular flexibility index (Phi) is 5.97. The predicted molar refractivity (Wildman–Crippen MR) is 88.4 cm³/mol. The smallest absolute Gasteiger partial charge is 0.0518 e. The molecule has 2 rings (SSSR count). The third kappa shape index (κ3) is 5.33. The van der Waals surface area contributed by atoms with Crippen LogP contribution in [0.25, 0.3) is 0 Å². The average Bonchev–Trinajstić information content (AvgIpc) is 2.47. The number of aliphatic hydroxyl groups excluding tert-OH is 1. The molecule has 0 saturated heterocycles. The molecule has 0 aromatic heterocycles. The lowest BCUT2D eigenvalue weighted by molar-refractivity contribution is 0.173. The molecule has 0 radical (unpaired) electrons. The Hall–Kier alpha value is -1.64. The van der Waals surface area contributed by atoms with Crippen molar-refractivity contribution in [1.82, 2.24) is 5.32 Å². The quantitative estimate of drug-likeness (QED) is 0.813. The molecule has 0 amide bonds. The Balaban J connectivity index is 1.93. The fraction of sp³-hybridized carbons (Fsp3) is 0.368. The van der Waals surface area contributed by atoms with Crippen LogP contribution in [0.2, 0.25) is 0 Å². The molecule has 0 fully saturated rings. The summed E-state index contributed by atoms with van der Waals surface area (Å²) in [4.78, 5) is 0. The van der Waals surface area contributed by atoms with Crippen LogP contribution in [0.1, 0.15) is 36.0 Å². The van der Waals surface area contributed by atoms with E-state index in [9.17, 15) is 5.11 Å². The van der Waals surface area contributed by atoms with Crippen molar-refractivity contribution in [2.24, 2.45) is 0 Å². The van der Waals surface area contributed by atoms with Crippen molar-refractivity contribution >= 4 is 0 Å². The Morgan fingerprint density at radius 2 is 1.81 bits per heavy atom. The maximum atomic E-state index is 9.71. The number of hydrogen-bond donors (Lipinski definition) is 2. The van der Waals surface area contributed by atoms with E-state index in [-0.39, 0.29) is 6.10 Å². The third-order valence-electron chi connectivity index (χ3n) is 3.70. The SMILES string of the molecule is Cc1cccc(CNCC(CC(C)O)c2ccccc2)c1. The normalized spacial score (nSPS) is 13.9. The van der Waals surface area contributed by atoms with Crippen LogP contribution in [-0.2, 0) is 6.54 Å². The van der Waals surface area contributed by atoms with Gasteiger partial charge in [0.15, 0.2) is 0 Å². The summed E-state index contributed by atoms with van der Waals surface area (Å²) in [6.07, 6.45) is 0.501. The van der Waals surface area contributed by atoms with Crippen LogP contribution in [0, 0.1) is 6.92 Å². The summed E-state index contributed by atoms with van der Waals surface area (Å²) in [5.74, 6) is 0.344. The number of benzene rings is 2. The first kappa shape index (κ1) is 15.7. The molecule has 0 aliphatic rings. The van der Waals surface area contributed by atoms with E-state index in [0.717, 1.165) is 19.5 Å². The van der Waals surface area contributed by atoms with Crippen LogP contribution in [0.5, 0.6) is 0 Å². The van der Waals surface area contributed by atoms with Gasteiger partial charge in [-0.2, -0.15) is 0 Å². The molecular weight excluding hydrogens is 258 g/mol. The van der Waals surface area contributed by atoms with Crippen molar-refractivity contribution in [2.45, 2.75) is 38.8 Å². The molecule has 2 nitrogen and oxygen atoms in total. The molecule has 0 saturated carbocycles. The van der Waals surface area contributed by atoms with Gasteiger partial charge >= 0.3 is 0 Å². The molecule has 0 bridgehead atoms. The number of aliphatic hydroxyl groups is 1. The maximum Gasteiger partial charge on any atom is 0.0518 e. The van der Waals surface area contributed by atoms with E-state index in [4.69, 9.17) is 0 Å². The van der Waals surface area contributed by atoms with E-state index >= 15 is 0 Å². The number of aryl methyl sites for hydroxylation is 1. The molecule has 0 aliphatic carbocycles. The van der Waals surface area contributed by atoms with Gasteiger partial charge in [0.05, 0.1) is 6.10 Å². The fourth-order valence-corrected chi connectivity index (χ4v) is 2.69. The van der Waals surface area contributed by atoms with Gasteiger partial charge < -0.3 is 10.4 Å². The minimum Gasteiger partial charge on any atom is -0.393 e. The Morgan fingerprint density at radius 1 is 1.05 bits per heavy atom. The van der Waals surface area contributed by atoms with Gasteiger partial charge in [0.1, 0.15) is 0 Å². The monoisotopic (exact) mass is 283 g/mol. The van der Waals surface area contributed by atoms with Gasteiger partial charge in [0.25, 0.3) is 0 Å². The van der Waals surface area contributed by atoms with Gasteiger partial charge in [-0.3, -0.25) is 0 Å². The van der Waals surface area contributed by atoms with Gasteiger partial charge in [-0.25, -0.2) is 0 Å². The minimum atomic E-state index is -0.282. The van der Waals surface area contributed by atoms with Crippen molar-refractivity contribution in [3.05, 3.63) is 71.3 Å². The van der Waals surface area contributed by atoms with Crippen LogP contribution in [0.4, 0.5) is 0 Å². The highest BCUT2D eigenvalue weighted by Crippen LogP contribution is 2.20. The first-order valence-corrected chi connectivity index (χ1v) is 7.64. The lowest BCUT2D eigenvalue weighted by atomic mass is 9.93. The molecule has 21 heavy (non-hydrogen) atoms. The molecule has 2 heteroatoms. The van der Waals surface area contributed by atoms with E-state index in [1.165, 1.54) is 16.7 Å². The van der Waals surface area contributed by atoms with Gasteiger partial charge in [-0.05, 0) is 37.3 Å². The van der Waals surface area contributed by atoms with Crippen molar-refractivity contribution in [2.75, 3.05) is 6.54 Å². The van der Waals surface area contributed by atoms with Crippen molar-refractivity contribution < 1.29 is 5.11 Å². The molecular formula is C19H25NO. The Bertz CT molecular complexity index is 536. The van der Waals surface area contributed by atoms with Crippen LogP contribution in [0.15, 0.2) is 54.6 Å². The van der Waals surface area contributed by atoms with Crippen LogP contribution in [0.3, 0.4) is 0 Å².